The topological polar surface area (TPSA) is 59.6 Å². The Morgan fingerprint density at radius 3 is 2.48 bits per heavy atom. The molecule has 3 rings (SSSR count). The van der Waals surface area contributed by atoms with E-state index < -0.39 is 0 Å². The van der Waals surface area contributed by atoms with E-state index in [9.17, 15) is 4.79 Å². The van der Waals surface area contributed by atoms with Crippen molar-refractivity contribution in [2.24, 2.45) is 0 Å². The van der Waals surface area contributed by atoms with Crippen LogP contribution in [-0.2, 0) is 0 Å². The predicted octanol–water partition coefficient (Wildman–Crippen LogP) is 4.10. The number of carbonyl (C=O) groups excluding carboxylic acids is 1. The number of halogens is 1. The minimum absolute atomic E-state index is 0.0906. The zero-order valence-corrected chi connectivity index (χ0v) is 14.2. The third kappa shape index (κ3) is 3.76. The third-order valence-electron chi connectivity index (χ3n) is 3.53. The molecule has 1 atom stereocenters. The van der Waals surface area contributed by atoms with Crippen molar-refractivity contribution >= 4 is 27.6 Å². The molecule has 1 aliphatic heterocycles. The van der Waals surface area contributed by atoms with Crippen LogP contribution >= 0.6 is 15.9 Å². The van der Waals surface area contributed by atoms with E-state index in [-0.39, 0.29) is 12.1 Å². The zero-order chi connectivity index (χ0) is 16.2. The second-order valence-electron chi connectivity index (χ2n) is 5.21. The van der Waals surface area contributed by atoms with Crippen LogP contribution in [0.1, 0.15) is 18.5 Å². The molecule has 2 N–H and O–H groups in total. The predicted molar refractivity (Wildman–Crippen MR) is 92.1 cm³/mol. The number of anilines is 1. The van der Waals surface area contributed by atoms with E-state index in [1.807, 2.05) is 37.3 Å². The highest BCUT2D eigenvalue weighted by Crippen LogP contribution is 2.38. The van der Waals surface area contributed by atoms with Crippen molar-refractivity contribution in [3.8, 4) is 11.5 Å². The number of benzene rings is 2. The summed E-state index contributed by atoms with van der Waals surface area (Å²) in [6, 6.07) is 13.0. The van der Waals surface area contributed by atoms with E-state index >= 15 is 0 Å². The molecule has 2 aromatic carbocycles. The molecule has 0 saturated heterocycles. The van der Waals surface area contributed by atoms with E-state index in [0.717, 1.165) is 10.0 Å². The van der Waals surface area contributed by atoms with Gasteiger partial charge in [-0.2, -0.15) is 0 Å². The molecule has 0 unspecified atom stereocenters. The lowest BCUT2D eigenvalue weighted by atomic mass is 10.1. The fraction of sp³-hybridized carbons (Fsp3) is 0.235. The molecule has 0 spiro atoms. The van der Waals surface area contributed by atoms with Crippen molar-refractivity contribution in [2.75, 3.05) is 18.5 Å². The SMILES string of the molecule is C[C@H](NC(=O)Nc1cc2c(cc1Br)OCCO2)c1ccccc1. The van der Waals surface area contributed by atoms with Crippen LogP contribution in [0.5, 0.6) is 11.5 Å². The van der Waals surface area contributed by atoms with Gasteiger partial charge in [-0.15, -0.1) is 0 Å². The molecule has 120 valence electrons. The minimum Gasteiger partial charge on any atom is -0.486 e. The first-order chi connectivity index (χ1) is 11.1. The van der Waals surface area contributed by atoms with E-state index in [1.54, 1.807) is 12.1 Å². The van der Waals surface area contributed by atoms with Gasteiger partial charge in [-0.1, -0.05) is 30.3 Å². The highest BCUT2D eigenvalue weighted by atomic mass is 79.9. The molecule has 0 aromatic heterocycles. The summed E-state index contributed by atoms with van der Waals surface area (Å²) >= 11 is 3.44. The van der Waals surface area contributed by atoms with Gasteiger partial charge in [0, 0.05) is 16.6 Å². The monoisotopic (exact) mass is 376 g/mol. The summed E-state index contributed by atoms with van der Waals surface area (Å²) in [6.45, 7) is 2.97. The molecule has 0 saturated carbocycles. The summed E-state index contributed by atoms with van der Waals surface area (Å²) in [5.74, 6) is 1.30. The molecule has 1 aliphatic rings. The van der Waals surface area contributed by atoms with Gasteiger partial charge in [0.25, 0.3) is 0 Å². The van der Waals surface area contributed by atoms with E-state index in [4.69, 9.17) is 9.47 Å². The Balaban J connectivity index is 1.68. The Morgan fingerprint density at radius 1 is 1.13 bits per heavy atom. The summed E-state index contributed by atoms with van der Waals surface area (Å²) in [7, 11) is 0. The van der Waals surface area contributed by atoms with Gasteiger partial charge in [-0.3, -0.25) is 0 Å². The lowest BCUT2D eigenvalue weighted by molar-refractivity contribution is 0.171. The van der Waals surface area contributed by atoms with Gasteiger partial charge in [-0.05, 0) is 28.4 Å². The quantitative estimate of drug-likeness (QED) is 0.847. The number of carbonyl (C=O) groups is 1. The van der Waals surface area contributed by atoms with Crippen LogP contribution in [0.3, 0.4) is 0 Å². The van der Waals surface area contributed by atoms with Crippen molar-refractivity contribution in [1.82, 2.24) is 5.32 Å². The molecule has 0 radical (unpaired) electrons. The molecule has 0 fully saturated rings. The molecule has 5 nitrogen and oxygen atoms in total. The van der Waals surface area contributed by atoms with Crippen molar-refractivity contribution in [2.45, 2.75) is 13.0 Å². The number of rotatable bonds is 3. The second-order valence-corrected chi connectivity index (χ2v) is 6.06. The van der Waals surface area contributed by atoms with Gasteiger partial charge in [0.15, 0.2) is 11.5 Å². The molecular formula is C17H17BrN2O3. The smallest absolute Gasteiger partial charge is 0.319 e. The van der Waals surface area contributed by atoms with Crippen molar-refractivity contribution < 1.29 is 14.3 Å². The number of fused-ring (bicyclic) bond motifs is 1. The van der Waals surface area contributed by atoms with Crippen molar-refractivity contribution in [1.29, 1.82) is 0 Å². The number of nitrogens with one attached hydrogen (secondary N) is 2. The zero-order valence-electron chi connectivity index (χ0n) is 12.6. The number of hydrogen-bond acceptors (Lipinski definition) is 3. The average molecular weight is 377 g/mol. The van der Waals surface area contributed by atoms with Crippen LogP contribution in [0.2, 0.25) is 0 Å². The van der Waals surface area contributed by atoms with E-state index in [2.05, 4.69) is 26.6 Å². The Morgan fingerprint density at radius 2 is 1.78 bits per heavy atom. The van der Waals surface area contributed by atoms with Crippen LogP contribution < -0.4 is 20.1 Å². The Kier molecular flexibility index (Phi) is 4.71. The maximum absolute atomic E-state index is 12.2. The normalized spacial score (nSPS) is 14.0. The highest BCUT2D eigenvalue weighted by Gasteiger charge is 2.17. The molecule has 0 bridgehead atoms. The molecular weight excluding hydrogens is 360 g/mol. The lowest BCUT2D eigenvalue weighted by Crippen LogP contribution is -2.31. The molecule has 2 aromatic rings. The van der Waals surface area contributed by atoms with Crippen LogP contribution in [0.25, 0.3) is 0 Å². The summed E-state index contributed by atoms with van der Waals surface area (Å²) in [5, 5.41) is 5.74. The van der Waals surface area contributed by atoms with E-state index in [0.29, 0.717) is 30.4 Å². The summed E-state index contributed by atoms with van der Waals surface area (Å²) in [4.78, 5) is 12.2. The maximum atomic E-state index is 12.2. The first-order valence-corrected chi connectivity index (χ1v) is 8.14. The van der Waals surface area contributed by atoms with Gasteiger partial charge >= 0.3 is 6.03 Å². The van der Waals surface area contributed by atoms with Crippen molar-refractivity contribution in [3.63, 3.8) is 0 Å². The Hall–Kier alpha value is -2.21. The summed E-state index contributed by atoms with van der Waals surface area (Å²) in [6.07, 6.45) is 0. The van der Waals surface area contributed by atoms with Crippen LogP contribution in [-0.4, -0.2) is 19.2 Å². The fourth-order valence-corrected chi connectivity index (χ4v) is 2.76. The van der Waals surface area contributed by atoms with Gasteiger partial charge in [-0.25, -0.2) is 4.79 Å². The first kappa shape index (κ1) is 15.7. The van der Waals surface area contributed by atoms with Crippen molar-refractivity contribution in [3.05, 3.63) is 52.5 Å². The van der Waals surface area contributed by atoms with Crippen LogP contribution in [0, 0.1) is 0 Å². The van der Waals surface area contributed by atoms with Gasteiger partial charge < -0.3 is 20.1 Å². The molecule has 1 heterocycles. The second kappa shape index (κ2) is 6.91. The van der Waals surface area contributed by atoms with Crippen LogP contribution in [0.15, 0.2) is 46.9 Å². The molecule has 6 heteroatoms. The number of amides is 2. The minimum atomic E-state index is -0.279. The largest absolute Gasteiger partial charge is 0.486 e. The Bertz CT molecular complexity index is 706. The number of urea groups is 1. The molecule has 0 aliphatic carbocycles. The molecule has 2 amide bonds. The maximum Gasteiger partial charge on any atom is 0.319 e. The molecule has 23 heavy (non-hydrogen) atoms. The van der Waals surface area contributed by atoms with Crippen LogP contribution in [0.4, 0.5) is 10.5 Å². The lowest BCUT2D eigenvalue weighted by Gasteiger charge is -2.20. The Labute approximate surface area is 143 Å². The summed E-state index contributed by atoms with van der Waals surface area (Å²) < 4.78 is 11.8. The van der Waals surface area contributed by atoms with Gasteiger partial charge in [0.1, 0.15) is 13.2 Å². The number of hydrogen-bond donors (Lipinski definition) is 2. The van der Waals surface area contributed by atoms with E-state index in [1.165, 1.54) is 0 Å². The third-order valence-corrected chi connectivity index (χ3v) is 4.18. The number of ether oxygens (including phenoxy) is 2. The summed E-state index contributed by atoms with van der Waals surface area (Å²) in [5.41, 5.74) is 1.68. The van der Waals surface area contributed by atoms with Gasteiger partial charge in [0.2, 0.25) is 0 Å². The average Bonchev–Trinajstić information content (AvgIpc) is 2.56. The first-order valence-electron chi connectivity index (χ1n) is 7.35. The fourth-order valence-electron chi connectivity index (χ4n) is 2.34. The van der Waals surface area contributed by atoms with Gasteiger partial charge in [0.05, 0.1) is 11.7 Å². The standard InChI is InChI=1S/C17H17BrN2O3/c1-11(12-5-3-2-4-6-12)19-17(21)20-14-10-16-15(9-13(14)18)22-7-8-23-16/h2-6,9-11H,7-8H2,1H3,(H2,19,20,21)/t11-/m0/s1. The highest BCUT2D eigenvalue weighted by molar-refractivity contribution is 9.10.